The van der Waals surface area contributed by atoms with Crippen LogP contribution in [0.25, 0.3) is 0 Å². The molecule has 0 saturated carbocycles. The van der Waals surface area contributed by atoms with Gasteiger partial charge in [0.15, 0.2) is 0 Å². The van der Waals surface area contributed by atoms with Gasteiger partial charge in [-0.1, -0.05) is 78.1 Å². The summed E-state index contributed by atoms with van der Waals surface area (Å²) in [6.45, 7) is 6.49. The van der Waals surface area contributed by atoms with Gasteiger partial charge in [0.25, 0.3) is 0 Å². The van der Waals surface area contributed by atoms with Crippen LogP contribution < -0.4 is 0 Å². The minimum absolute atomic E-state index is 0.0693. The van der Waals surface area contributed by atoms with Crippen molar-refractivity contribution in [2.75, 3.05) is 0 Å². The van der Waals surface area contributed by atoms with E-state index in [9.17, 15) is 0 Å². The third-order valence-electron chi connectivity index (χ3n) is 4.13. The molecule has 0 rings (SSSR count). The summed E-state index contributed by atoms with van der Waals surface area (Å²) >= 11 is 0. The highest BCUT2D eigenvalue weighted by Gasteiger charge is 2.19. The van der Waals surface area contributed by atoms with Gasteiger partial charge in [-0.05, 0) is 19.8 Å². The fraction of sp³-hybridized carbons (Fsp3) is 0.941. The lowest BCUT2D eigenvalue weighted by Gasteiger charge is -2.18. The lowest BCUT2D eigenvalue weighted by molar-refractivity contribution is 0.368. The SMILES string of the molecule is CCCCCCCCCCCCC(C)(C#N)CC. The molecule has 1 nitrogen and oxygen atoms in total. The standard InChI is InChI=1S/C17H33N/c1-4-6-7-8-9-10-11-12-13-14-15-17(3,5-2)16-18/h4-15H2,1-3H3. The summed E-state index contributed by atoms with van der Waals surface area (Å²) in [4.78, 5) is 0. The van der Waals surface area contributed by atoms with Crippen molar-refractivity contribution in [1.82, 2.24) is 0 Å². The summed E-state index contributed by atoms with van der Waals surface area (Å²) in [5.74, 6) is 0. The van der Waals surface area contributed by atoms with Crippen LogP contribution >= 0.6 is 0 Å². The van der Waals surface area contributed by atoms with Crippen molar-refractivity contribution in [3.63, 3.8) is 0 Å². The van der Waals surface area contributed by atoms with Crippen molar-refractivity contribution < 1.29 is 0 Å². The van der Waals surface area contributed by atoms with Crippen LogP contribution in [0.5, 0.6) is 0 Å². The zero-order chi connectivity index (χ0) is 13.7. The highest BCUT2D eigenvalue weighted by Crippen LogP contribution is 2.27. The van der Waals surface area contributed by atoms with Crippen LogP contribution in [0.3, 0.4) is 0 Å². The van der Waals surface area contributed by atoms with E-state index in [2.05, 4.69) is 26.8 Å². The molecule has 0 aliphatic heterocycles. The highest BCUT2D eigenvalue weighted by molar-refractivity contribution is 4.93. The van der Waals surface area contributed by atoms with Gasteiger partial charge >= 0.3 is 0 Å². The number of hydrogen-bond acceptors (Lipinski definition) is 1. The number of nitrogens with zero attached hydrogens (tertiary/aromatic N) is 1. The molecule has 0 spiro atoms. The molecule has 0 aromatic heterocycles. The van der Waals surface area contributed by atoms with Gasteiger partial charge in [0.2, 0.25) is 0 Å². The lowest BCUT2D eigenvalue weighted by atomic mass is 9.84. The van der Waals surface area contributed by atoms with Crippen molar-refractivity contribution in [3.05, 3.63) is 0 Å². The first-order valence-electron chi connectivity index (χ1n) is 8.09. The first-order valence-corrected chi connectivity index (χ1v) is 8.09. The van der Waals surface area contributed by atoms with Crippen LogP contribution in [0.4, 0.5) is 0 Å². The van der Waals surface area contributed by atoms with E-state index in [1.54, 1.807) is 0 Å². The smallest absolute Gasteiger partial charge is 0.0686 e. The number of nitriles is 1. The number of rotatable bonds is 12. The van der Waals surface area contributed by atoms with Gasteiger partial charge in [-0.15, -0.1) is 0 Å². The first-order chi connectivity index (χ1) is 8.68. The molecule has 0 radical (unpaired) electrons. The molecule has 1 unspecified atom stereocenters. The van der Waals surface area contributed by atoms with E-state index in [-0.39, 0.29) is 5.41 Å². The van der Waals surface area contributed by atoms with E-state index >= 15 is 0 Å². The van der Waals surface area contributed by atoms with E-state index in [1.165, 1.54) is 64.2 Å². The van der Waals surface area contributed by atoms with Crippen molar-refractivity contribution in [1.29, 1.82) is 5.26 Å². The summed E-state index contributed by atoms with van der Waals surface area (Å²) in [7, 11) is 0. The number of hydrogen-bond donors (Lipinski definition) is 0. The largest absolute Gasteiger partial charge is 0.198 e. The Hall–Kier alpha value is -0.510. The maximum Gasteiger partial charge on any atom is 0.0686 e. The predicted octanol–water partition coefficient (Wildman–Crippen LogP) is 6.24. The van der Waals surface area contributed by atoms with Crippen molar-refractivity contribution in [3.8, 4) is 6.07 Å². The zero-order valence-corrected chi connectivity index (χ0v) is 12.9. The summed E-state index contributed by atoms with van der Waals surface area (Å²) < 4.78 is 0. The molecule has 0 fully saturated rings. The summed E-state index contributed by atoms with van der Waals surface area (Å²) in [6, 6.07) is 2.46. The molecule has 0 aromatic carbocycles. The van der Waals surface area contributed by atoms with Gasteiger partial charge in [0.05, 0.1) is 11.5 Å². The maximum atomic E-state index is 9.08. The van der Waals surface area contributed by atoms with E-state index in [1.807, 2.05) is 0 Å². The molecule has 18 heavy (non-hydrogen) atoms. The molecule has 0 bridgehead atoms. The fourth-order valence-electron chi connectivity index (χ4n) is 2.31. The summed E-state index contributed by atoms with van der Waals surface area (Å²) in [6.07, 6.45) is 15.8. The van der Waals surface area contributed by atoms with Crippen LogP contribution in [0.2, 0.25) is 0 Å². The van der Waals surface area contributed by atoms with E-state index < -0.39 is 0 Å². The highest BCUT2D eigenvalue weighted by atomic mass is 14.3. The fourth-order valence-corrected chi connectivity index (χ4v) is 2.31. The normalized spacial score (nSPS) is 14.1. The van der Waals surface area contributed by atoms with E-state index in [0.29, 0.717) is 0 Å². The van der Waals surface area contributed by atoms with E-state index in [0.717, 1.165) is 12.8 Å². The van der Waals surface area contributed by atoms with Gasteiger partial charge in [0, 0.05) is 0 Å². The zero-order valence-electron chi connectivity index (χ0n) is 12.9. The van der Waals surface area contributed by atoms with Gasteiger partial charge < -0.3 is 0 Å². The topological polar surface area (TPSA) is 23.8 Å². The molecule has 0 aliphatic rings. The quantitative estimate of drug-likeness (QED) is 0.377. The van der Waals surface area contributed by atoms with Crippen LogP contribution in [-0.2, 0) is 0 Å². The van der Waals surface area contributed by atoms with Gasteiger partial charge in [-0.25, -0.2) is 0 Å². The average Bonchev–Trinajstić information content (AvgIpc) is 2.40. The Kier molecular flexibility index (Phi) is 11.2. The predicted molar refractivity (Wildman–Crippen MR) is 80.5 cm³/mol. The average molecular weight is 251 g/mol. The van der Waals surface area contributed by atoms with Crippen molar-refractivity contribution in [2.24, 2.45) is 5.41 Å². The molecule has 106 valence electrons. The Morgan fingerprint density at radius 1 is 0.778 bits per heavy atom. The molecule has 0 aromatic rings. The number of unbranched alkanes of at least 4 members (excludes halogenated alkanes) is 9. The van der Waals surface area contributed by atoms with Crippen LogP contribution in [0.1, 0.15) is 97.8 Å². The molecule has 0 aliphatic carbocycles. The maximum absolute atomic E-state index is 9.08. The van der Waals surface area contributed by atoms with Crippen LogP contribution in [-0.4, -0.2) is 0 Å². The van der Waals surface area contributed by atoms with Gasteiger partial charge in [-0.3, -0.25) is 0 Å². The monoisotopic (exact) mass is 251 g/mol. The molecule has 1 atom stereocenters. The minimum atomic E-state index is -0.0693. The third-order valence-corrected chi connectivity index (χ3v) is 4.13. The molecule has 0 heterocycles. The Bertz CT molecular complexity index is 216. The second kappa shape index (κ2) is 11.6. The van der Waals surface area contributed by atoms with Gasteiger partial charge in [0.1, 0.15) is 0 Å². The molecular formula is C17H33N. The Labute approximate surface area is 115 Å². The Morgan fingerprint density at radius 3 is 1.61 bits per heavy atom. The molecular weight excluding hydrogens is 218 g/mol. The second-order valence-corrected chi connectivity index (χ2v) is 5.96. The van der Waals surface area contributed by atoms with E-state index in [4.69, 9.17) is 5.26 Å². The van der Waals surface area contributed by atoms with Gasteiger partial charge in [-0.2, -0.15) is 5.26 Å². The minimum Gasteiger partial charge on any atom is -0.198 e. The summed E-state index contributed by atoms with van der Waals surface area (Å²) in [5, 5.41) is 9.08. The lowest BCUT2D eigenvalue weighted by Crippen LogP contribution is -2.11. The summed E-state index contributed by atoms with van der Waals surface area (Å²) in [5.41, 5.74) is -0.0693. The Balaban J connectivity index is 3.24. The third kappa shape index (κ3) is 9.51. The second-order valence-electron chi connectivity index (χ2n) is 5.96. The molecule has 0 amide bonds. The molecule has 1 heteroatoms. The van der Waals surface area contributed by atoms with Crippen molar-refractivity contribution in [2.45, 2.75) is 97.8 Å². The molecule has 0 N–H and O–H groups in total. The Morgan fingerprint density at radius 2 is 1.22 bits per heavy atom. The van der Waals surface area contributed by atoms with Crippen molar-refractivity contribution >= 4 is 0 Å². The first kappa shape index (κ1) is 17.5. The molecule has 0 saturated heterocycles. The van der Waals surface area contributed by atoms with Crippen LogP contribution in [0.15, 0.2) is 0 Å². The van der Waals surface area contributed by atoms with Crippen LogP contribution in [0, 0.1) is 16.7 Å².